The van der Waals surface area contributed by atoms with E-state index in [0.717, 1.165) is 0 Å². The predicted molar refractivity (Wildman–Crippen MR) is 65.4 cm³/mol. The van der Waals surface area contributed by atoms with E-state index >= 15 is 0 Å². The van der Waals surface area contributed by atoms with Gasteiger partial charge >= 0.3 is 0 Å². The average Bonchev–Trinajstić information content (AvgIpc) is 2.15. The summed E-state index contributed by atoms with van der Waals surface area (Å²) in [5, 5.41) is 5.32. The molecule has 6 nitrogen and oxygen atoms in total. The Morgan fingerprint density at radius 2 is 1.76 bits per heavy atom. The van der Waals surface area contributed by atoms with Gasteiger partial charge in [0.25, 0.3) is 0 Å². The molecule has 0 unspecified atom stereocenters. The van der Waals surface area contributed by atoms with Crippen LogP contribution in [-0.4, -0.2) is 44.2 Å². The predicted octanol–water partition coefficient (Wildman–Crippen LogP) is -0.617. The summed E-state index contributed by atoms with van der Waals surface area (Å²) < 4.78 is 4.79. The van der Waals surface area contributed by atoms with Crippen molar-refractivity contribution in [2.24, 2.45) is 5.73 Å². The van der Waals surface area contributed by atoms with Gasteiger partial charge in [0.1, 0.15) is 0 Å². The molecule has 0 saturated carbocycles. The van der Waals surface area contributed by atoms with Crippen LogP contribution in [0.4, 0.5) is 0 Å². The molecule has 17 heavy (non-hydrogen) atoms. The molecule has 0 aliphatic rings. The third kappa shape index (κ3) is 11.1. The summed E-state index contributed by atoms with van der Waals surface area (Å²) in [6.07, 6.45) is 0.513. The van der Waals surface area contributed by atoms with Crippen LogP contribution in [0.1, 0.15) is 26.7 Å². The number of carbonyl (C=O) groups is 2. The zero-order valence-corrected chi connectivity index (χ0v) is 10.8. The minimum Gasteiger partial charge on any atom is -0.383 e. The van der Waals surface area contributed by atoms with Gasteiger partial charge < -0.3 is 21.1 Å². The Morgan fingerprint density at radius 3 is 2.29 bits per heavy atom. The molecule has 0 rings (SSSR count). The zero-order chi connectivity index (χ0) is 13.3. The highest BCUT2D eigenvalue weighted by Crippen LogP contribution is 2.02. The van der Waals surface area contributed by atoms with Crippen molar-refractivity contribution in [3.63, 3.8) is 0 Å². The van der Waals surface area contributed by atoms with E-state index in [9.17, 15) is 9.59 Å². The third-order valence-electron chi connectivity index (χ3n) is 1.92. The van der Waals surface area contributed by atoms with E-state index in [-0.39, 0.29) is 24.7 Å². The third-order valence-corrected chi connectivity index (χ3v) is 1.92. The maximum atomic E-state index is 11.4. The molecule has 0 radical (unpaired) electrons. The van der Waals surface area contributed by atoms with E-state index in [4.69, 9.17) is 10.5 Å². The lowest BCUT2D eigenvalue weighted by atomic mass is 10.0. The summed E-state index contributed by atoms with van der Waals surface area (Å²) in [7, 11) is 1.57. The van der Waals surface area contributed by atoms with Crippen LogP contribution in [0.15, 0.2) is 0 Å². The highest BCUT2D eigenvalue weighted by Gasteiger charge is 2.15. The van der Waals surface area contributed by atoms with Crippen LogP contribution in [0.5, 0.6) is 0 Å². The van der Waals surface area contributed by atoms with Crippen LogP contribution in [0.2, 0.25) is 0 Å². The molecule has 0 heterocycles. The summed E-state index contributed by atoms with van der Waals surface area (Å²) in [6, 6.07) is 0. The van der Waals surface area contributed by atoms with Crippen LogP contribution in [0.3, 0.4) is 0 Å². The van der Waals surface area contributed by atoms with Gasteiger partial charge in [0, 0.05) is 38.6 Å². The molecular weight excluding hydrogens is 222 g/mol. The van der Waals surface area contributed by atoms with Crippen molar-refractivity contribution in [3.8, 4) is 0 Å². The Labute approximate surface area is 102 Å². The van der Waals surface area contributed by atoms with Gasteiger partial charge in [-0.2, -0.15) is 0 Å². The SMILES string of the molecule is COCCNC(=O)CCNC(=O)CC(C)(C)N. The van der Waals surface area contributed by atoms with Crippen LogP contribution < -0.4 is 16.4 Å². The fraction of sp³-hybridized carbons (Fsp3) is 0.818. The molecule has 6 heteroatoms. The minimum atomic E-state index is -0.523. The van der Waals surface area contributed by atoms with Gasteiger partial charge in [-0.15, -0.1) is 0 Å². The summed E-state index contributed by atoms with van der Waals surface area (Å²) in [5.41, 5.74) is 5.17. The second kappa shape index (κ2) is 8.03. The summed E-state index contributed by atoms with van der Waals surface area (Å²) in [6.45, 7) is 4.86. The number of nitrogens with two attached hydrogens (primary N) is 1. The topological polar surface area (TPSA) is 93.5 Å². The number of rotatable bonds is 8. The molecule has 0 aromatic carbocycles. The summed E-state index contributed by atoms with van der Waals surface area (Å²) in [5.74, 6) is -0.239. The van der Waals surface area contributed by atoms with Crippen molar-refractivity contribution < 1.29 is 14.3 Å². The largest absolute Gasteiger partial charge is 0.383 e. The maximum Gasteiger partial charge on any atom is 0.221 e. The van der Waals surface area contributed by atoms with Crippen molar-refractivity contribution in [3.05, 3.63) is 0 Å². The quantitative estimate of drug-likeness (QED) is 0.497. The molecule has 0 spiro atoms. The van der Waals surface area contributed by atoms with Crippen LogP contribution in [0, 0.1) is 0 Å². The second-order valence-electron chi connectivity index (χ2n) is 4.61. The smallest absolute Gasteiger partial charge is 0.221 e. The standard InChI is InChI=1S/C11H23N3O3/c1-11(2,12)8-10(16)13-5-4-9(15)14-6-7-17-3/h4-8,12H2,1-3H3,(H,13,16)(H,14,15). The van der Waals surface area contributed by atoms with Gasteiger partial charge in [-0.1, -0.05) is 0 Å². The number of amides is 2. The molecule has 0 atom stereocenters. The van der Waals surface area contributed by atoms with Crippen molar-refractivity contribution in [2.75, 3.05) is 26.8 Å². The monoisotopic (exact) mass is 245 g/mol. The molecule has 0 saturated heterocycles. The van der Waals surface area contributed by atoms with Gasteiger partial charge in [-0.05, 0) is 13.8 Å². The van der Waals surface area contributed by atoms with Gasteiger partial charge in [0.05, 0.1) is 6.61 Å². The number of hydrogen-bond donors (Lipinski definition) is 3. The minimum absolute atomic E-state index is 0.102. The van der Waals surface area contributed by atoms with Crippen molar-refractivity contribution in [1.82, 2.24) is 10.6 Å². The van der Waals surface area contributed by atoms with Gasteiger partial charge in [0.15, 0.2) is 0 Å². The van der Waals surface area contributed by atoms with Crippen molar-refractivity contribution in [1.29, 1.82) is 0 Å². The zero-order valence-electron chi connectivity index (χ0n) is 10.8. The van der Waals surface area contributed by atoms with E-state index < -0.39 is 5.54 Å². The molecule has 4 N–H and O–H groups in total. The number of hydrogen-bond acceptors (Lipinski definition) is 4. The fourth-order valence-corrected chi connectivity index (χ4v) is 1.17. The first kappa shape index (κ1) is 15.9. The molecule has 0 bridgehead atoms. The Kier molecular flexibility index (Phi) is 7.49. The fourth-order valence-electron chi connectivity index (χ4n) is 1.17. The Bertz CT molecular complexity index is 249. The van der Waals surface area contributed by atoms with Crippen LogP contribution >= 0.6 is 0 Å². The molecular formula is C11H23N3O3. The van der Waals surface area contributed by atoms with Gasteiger partial charge in [-0.3, -0.25) is 9.59 Å². The van der Waals surface area contributed by atoms with E-state index in [0.29, 0.717) is 19.7 Å². The lowest BCUT2D eigenvalue weighted by Gasteiger charge is -2.17. The first-order valence-corrected chi connectivity index (χ1v) is 5.66. The number of ether oxygens (including phenoxy) is 1. The van der Waals surface area contributed by atoms with E-state index in [1.165, 1.54) is 0 Å². The maximum absolute atomic E-state index is 11.4. The highest BCUT2D eigenvalue weighted by atomic mass is 16.5. The lowest BCUT2D eigenvalue weighted by Crippen LogP contribution is -2.40. The van der Waals surface area contributed by atoms with Gasteiger partial charge in [0.2, 0.25) is 11.8 Å². The Balaban J connectivity index is 3.56. The van der Waals surface area contributed by atoms with E-state index in [2.05, 4.69) is 10.6 Å². The molecule has 100 valence electrons. The summed E-state index contributed by atoms with van der Waals surface area (Å²) >= 11 is 0. The highest BCUT2D eigenvalue weighted by molar-refractivity contribution is 5.79. The molecule has 0 fully saturated rings. The van der Waals surface area contributed by atoms with E-state index in [1.807, 2.05) is 0 Å². The molecule has 2 amide bonds. The Hall–Kier alpha value is -1.14. The second-order valence-corrected chi connectivity index (χ2v) is 4.61. The lowest BCUT2D eigenvalue weighted by molar-refractivity contribution is -0.122. The molecule has 0 aliphatic heterocycles. The van der Waals surface area contributed by atoms with Crippen LogP contribution in [0.25, 0.3) is 0 Å². The molecule has 0 aromatic rings. The average molecular weight is 245 g/mol. The number of carbonyl (C=O) groups excluding carboxylic acids is 2. The van der Waals surface area contributed by atoms with Gasteiger partial charge in [-0.25, -0.2) is 0 Å². The first-order chi connectivity index (χ1) is 7.85. The van der Waals surface area contributed by atoms with E-state index in [1.54, 1.807) is 21.0 Å². The molecule has 0 aromatic heterocycles. The molecule has 0 aliphatic carbocycles. The van der Waals surface area contributed by atoms with Crippen molar-refractivity contribution in [2.45, 2.75) is 32.2 Å². The Morgan fingerprint density at radius 1 is 1.18 bits per heavy atom. The first-order valence-electron chi connectivity index (χ1n) is 5.66. The summed E-state index contributed by atoms with van der Waals surface area (Å²) in [4.78, 5) is 22.6. The number of nitrogens with one attached hydrogen (secondary N) is 2. The number of methoxy groups -OCH3 is 1. The van der Waals surface area contributed by atoms with Crippen LogP contribution in [-0.2, 0) is 14.3 Å². The van der Waals surface area contributed by atoms with Crippen molar-refractivity contribution >= 4 is 11.8 Å². The normalized spacial score (nSPS) is 11.1.